The molecular weight excluding hydrogens is 414 g/mol. The van der Waals surface area contributed by atoms with Gasteiger partial charge in [-0.2, -0.15) is 0 Å². The molecule has 8 heteroatoms. The van der Waals surface area contributed by atoms with Crippen LogP contribution in [0.25, 0.3) is 10.9 Å². The van der Waals surface area contributed by atoms with Gasteiger partial charge in [-0.25, -0.2) is 9.97 Å². The molecule has 2 aromatic carbocycles. The van der Waals surface area contributed by atoms with E-state index >= 15 is 0 Å². The van der Waals surface area contributed by atoms with Crippen molar-refractivity contribution in [3.8, 4) is 5.75 Å². The Kier molecular flexibility index (Phi) is 6.25. The highest BCUT2D eigenvalue weighted by Crippen LogP contribution is 2.24. The van der Waals surface area contributed by atoms with E-state index in [4.69, 9.17) is 16.3 Å². The van der Waals surface area contributed by atoms with E-state index in [1.54, 1.807) is 0 Å². The van der Waals surface area contributed by atoms with Crippen molar-refractivity contribution in [1.29, 1.82) is 0 Å². The molecule has 1 saturated heterocycles. The Bertz CT molecular complexity index is 1110. The Morgan fingerprint density at radius 1 is 1.19 bits per heavy atom. The standard InChI is InChI=1S/C23H26ClN5O2/c1-4-31-17-8-9-20-18(12-17)13(2)25-22(27-20)29-23-26-14(3)19(21(30)28-23)11-15-6-5-7-16(24)10-15/h5-10,12,14,19,23,26H,4,11H2,1-3H3,(H,28,30)(H,25,27,29). The van der Waals surface area contributed by atoms with Crippen LogP contribution in [0.5, 0.6) is 5.75 Å². The predicted molar refractivity (Wildman–Crippen MR) is 122 cm³/mol. The van der Waals surface area contributed by atoms with E-state index in [9.17, 15) is 4.79 Å². The maximum absolute atomic E-state index is 12.8. The van der Waals surface area contributed by atoms with Gasteiger partial charge in [-0.15, -0.1) is 0 Å². The number of benzene rings is 2. The Morgan fingerprint density at radius 3 is 2.77 bits per heavy atom. The first kappa shape index (κ1) is 21.3. The number of anilines is 1. The van der Waals surface area contributed by atoms with E-state index in [0.717, 1.165) is 27.9 Å². The molecule has 31 heavy (non-hydrogen) atoms. The molecule has 0 bridgehead atoms. The lowest BCUT2D eigenvalue weighted by Crippen LogP contribution is -2.63. The third-order valence-electron chi connectivity index (χ3n) is 5.44. The van der Waals surface area contributed by atoms with Crippen molar-refractivity contribution in [2.45, 2.75) is 39.5 Å². The third-order valence-corrected chi connectivity index (χ3v) is 5.68. The normalized spacial score (nSPS) is 21.0. The van der Waals surface area contributed by atoms with Crippen LogP contribution in [0.2, 0.25) is 5.02 Å². The summed E-state index contributed by atoms with van der Waals surface area (Å²) in [6.07, 6.45) is 0.152. The number of amides is 1. The highest BCUT2D eigenvalue weighted by Gasteiger charge is 2.33. The van der Waals surface area contributed by atoms with Gasteiger partial charge in [0.15, 0.2) is 6.29 Å². The van der Waals surface area contributed by atoms with Gasteiger partial charge in [-0.3, -0.25) is 10.1 Å². The number of carbonyl (C=O) groups excluding carboxylic acids is 1. The van der Waals surface area contributed by atoms with E-state index in [1.807, 2.05) is 63.2 Å². The Balaban J connectivity index is 1.46. The van der Waals surface area contributed by atoms with Gasteiger partial charge >= 0.3 is 0 Å². The zero-order valence-electron chi connectivity index (χ0n) is 17.8. The smallest absolute Gasteiger partial charge is 0.227 e. The van der Waals surface area contributed by atoms with Crippen molar-refractivity contribution in [2.24, 2.45) is 5.92 Å². The van der Waals surface area contributed by atoms with Crippen molar-refractivity contribution in [2.75, 3.05) is 11.9 Å². The number of aryl methyl sites for hydroxylation is 1. The summed E-state index contributed by atoms with van der Waals surface area (Å²) in [5, 5.41) is 11.2. The lowest BCUT2D eigenvalue weighted by Gasteiger charge is -2.36. The Hall–Kier alpha value is -2.90. The molecule has 3 N–H and O–H groups in total. The minimum atomic E-state index is -0.461. The zero-order valence-corrected chi connectivity index (χ0v) is 18.5. The highest BCUT2D eigenvalue weighted by atomic mass is 35.5. The molecule has 162 valence electrons. The molecule has 1 aromatic heterocycles. The molecule has 1 aliphatic heterocycles. The first-order chi connectivity index (χ1) is 14.9. The minimum absolute atomic E-state index is 0.0254. The van der Waals surface area contributed by atoms with Crippen LogP contribution in [0.3, 0.4) is 0 Å². The molecule has 2 heterocycles. The quantitative estimate of drug-likeness (QED) is 0.543. The number of rotatable bonds is 6. The summed E-state index contributed by atoms with van der Waals surface area (Å²) in [6, 6.07) is 13.3. The molecule has 0 saturated carbocycles. The molecule has 7 nitrogen and oxygen atoms in total. The summed E-state index contributed by atoms with van der Waals surface area (Å²) < 4.78 is 5.57. The van der Waals surface area contributed by atoms with E-state index in [1.165, 1.54) is 0 Å². The van der Waals surface area contributed by atoms with Gasteiger partial charge in [0.05, 0.1) is 23.7 Å². The van der Waals surface area contributed by atoms with Gasteiger partial charge in [-0.05, 0) is 63.1 Å². The summed E-state index contributed by atoms with van der Waals surface area (Å²) in [4.78, 5) is 21.9. The van der Waals surface area contributed by atoms with E-state index in [2.05, 4.69) is 25.9 Å². The van der Waals surface area contributed by atoms with Crippen molar-refractivity contribution in [3.05, 3.63) is 58.7 Å². The van der Waals surface area contributed by atoms with Crippen molar-refractivity contribution >= 4 is 34.4 Å². The number of hydrogen-bond acceptors (Lipinski definition) is 6. The summed E-state index contributed by atoms with van der Waals surface area (Å²) in [5.41, 5.74) is 2.68. The number of hydrogen-bond donors (Lipinski definition) is 3. The average Bonchev–Trinajstić information content (AvgIpc) is 2.72. The van der Waals surface area contributed by atoms with Crippen LogP contribution >= 0.6 is 11.6 Å². The van der Waals surface area contributed by atoms with Crippen LogP contribution in [-0.4, -0.2) is 34.8 Å². The molecule has 0 spiro atoms. The Morgan fingerprint density at radius 2 is 2.03 bits per heavy atom. The second-order valence-corrected chi connectivity index (χ2v) is 8.16. The number of carbonyl (C=O) groups is 1. The van der Waals surface area contributed by atoms with Crippen LogP contribution in [0.4, 0.5) is 5.95 Å². The number of nitrogens with zero attached hydrogens (tertiary/aromatic N) is 2. The Labute approximate surface area is 186 Å². The second-order valence-electron chi connectivity index (χ2n) is 7.73. The molecule has 1 amide bonds. The van der Waals surface area contributed by atoms with Crippen LogP contribution in [0, 0.1) is 12.8 Å². The summed E-state index contributed by atoms with van der Waals surface area (Å²) in [5.74, 6) is 1.02. The van der Waals surface area contributed by atoms with Crippen molar-refractivity contribution in [3.63, 3.8) is 0 Å². The van der Waals surface area contributed by atoms with Gasteiger partial charge in [-0.1, -0.05) is 23.7 Å². The minimum Gasteiger partial charge on any atom is -0.494 e. The number of fused-ring (bicyclic) bond motifs is 1. The summed E-state index contributed by atoms with van der Waals surface area (Å²) >= 11 is 6.08. The molecule has 0 aliphatic carbocycles. The summed E-state index contributed by atoms with van der Waals surface area (Å²) in [6.45, 7) is 6.49. The van der Waals surface area contributed by atoms with Crippen LogP contribution in [-0.2, 0) is 11.2 Å². The fourth-order valence-corrected chi connectivity index (χ4v) is 4.09. The monoisotopic (exact) mass is 439 g/mol. The van der Waals surface area contributed by atoms with Gasteiger partial charge in [0.2, 0.25) is 11.9 Å². The third kappa shape index (κ3) is 4.89. The molecule has 3 unspecified atom stereocenters. The second kappa shape index (κ2) is 9.08. The van der Waals surface area contributed by atoms with Crippen LogP contribution in [0.15, 0.2) is 42.5 Å². The molecule has 3 aromatic rings. The topological polar surface area (TPSA) is 88.2 Å². The van der Waals surface area contributed by atoms with Crippen molar-refractivity contribution in [1.82, 2.24) is 20.6 Å². The molecule has 4 rings (SSSR count). The summed E-state index contributed by atoms with van der Waals surface area (Å²) in [7, 11) is 0. The number of aromatic nitrogens is 2. The lowest BCUT2D eigenvalue weighted by molar-refractivity contribution is -0.128. The van der Waals surface area contributed by atoms with Crippen LogP contribution in [0.1, 0.15) is 25.1 Å². The molecule has 0 radical (unpaired) electrons. The van der Waals surface area contributed by atoms with E-state index in [0.29, 0.717) is 24.0 Å². The fourth-order valence-electron chi connectivity index (χ4n) is 3.87. The molecule has 1 aliphatic rings. The van der Waals surface area contributed by atoms with E-state index < -0.39 is 6.29 Å². The van der Waals surface area contributed by atoms with Gasteiger partial charge in [0.25, 0.3) is 0 Å². The first-order valence-corrected chi connectivity index (χ1v) is 10.8. The van der Waals surface area contributed by atoms with Gasteiger partial charge in [0.1, 0.15) is 5.75 Å². The molecule has 1 fully saturated rings. The maximum Gasteiger partial charge on any atom is 0.227 e. The lowest BCUT2D eigenvalue weighted by atomic mass is 9.91. The van der Waals surface area contributed by atoms with Crippen LogP contribution < -0.4 is 20.7 Å². The van der Waals surface area contributed by atoms with E-state index in [-0.39, 0.29) is 17.9 Å². The molecular formula is C23H26ClN5O2. The van der Waals surface area contributed by atoms with Crippen molar-refractivity contribution < 1.29 is 9.53 Å². The fraction of sp³-hybridized carbons (Fsp3) is 0.348. The SMILES string of the molecule is CCOc1ccc2nc(NC3NC(=O)C(Cc4cccc(Cl)c4)C(C)N3)nc(C)c2c1. The zero-order chi connectivity index (χ0) is 22.0. The average molecular weight is 440 g/mol. The largest absolute Gasteiger partial charge is 0.494 e. The predicted octanol–water partition coefficient (Wildman–Crippen LogP) is 3.65. The maximum atomic E-state index is 12.8. The number of halogens is 1. The number of ether oxygens (including phenoxy) is 1. The van der Waals surface area contributed by atoms with Gasteiger partial charge < -0.3 is 15.4 Å². The molecule has 3 atom stereocenters. The highest BCUT2D eigenvalue weighted by molar-refractivity contribution is 6.30. The first-order valence-electron chi connectivity index (χ1n) is 10.4. The van der Waals surface area contributed by atoms with Gasteiger partial charge in [0, 0.05) is 16.5 Å². The number of nitrogens with one attached hydrogen (secondary N) is 3.